The average Bonchev–Trinajstić information content (AvgIpc) is 2.30. The van der Waals surface area contributed by atoms with Crippen molar-refractivity contribution in [3.05, 3.63) is 27.3 Å². The third kappa shape index (κ3) is 4.00. The first-order valence-corrected chi connectivity index (χ1v) is 6.63. The van der Waals surface area contributed by atoms with E-state index in [-0.39, 0.29) is 5.91 Å². The van der Waals surface area contributed by atoms with Crippen molar-refractivity contribution < 1.29 is 4.79 Å². The lowest BCUT2D eigenvalue weighted by Gasteiger charge is -2.10. The molecule has 0 fully saturated rings. The van der Waals surface area contributed by atoms with Gasteiger partial charge in [0, 0.05) is 9.26 Å². The number of nitrogens with one attached hydrogen (secondary N) is 1. The number of nitriles is 1. The summed E-state index contributed by atoms with van der Waals surface area (Å²) in [6.07, 6.45) is 1.43. The van der Waals surface area contributed by atoms with Gasteiger partial charge in [0.05, 0.1) is 6.07 Å². The van der Waals surface area contributed by atoms with Gasteiger partial charge in [0.15, 0.2) is 0 Å². The Hall–Kier alpha value is -1.09. The van der Waals surface area contributed by atoms with E-state index in [1.165, 1.54) is 5.56 Å². The molecule has 0 bridgehead atoms. The lowest BCUT2D eigenvalue weighted by molar-refractivity contribution is -0.118. The number of halogens is 1. The fraction of sp³-hybridized carbons (Fsp3) is 0.385. The van der Waals surface area contributed by atoms with Crippen molar-refractivity contribution in [3.63, 3.8) is 0 Å². The van der Waals surface area contributed by atoms with E-state index >= 15 is 0 Å². The predicted molar refractivity (Wildman–Crippen MR) is 76.5 cm³/mol. The molecule has 3 nitrogen and oxygen atoms in total. The second kappa shape index (κ2) is 6.60. The minimum Gasteiger partial charge on any atom is -0.325 e. The van der Waals surface area contributed by atoms with Crippen molar-refractivity contribution in [2.45, 2.75) is 26.7 Å². The summed E-state index contributed by atoms with van der Waals surface area (Å²) in [5.41, 5.74) is 1.93. The van der Waals surface area contributed by atoms with Gasteiger partial charge in [0.2, 0.25) is 5.91 Å². The summed E-state index contributed by atoms with van der Waals surface area (Å²) >= 11 is 2.22. The SMILES string of the molecule is CCCC(C#N)C(=O)Nc1ccc(C)c(I)c1. The van der Waals surface area contributed by atoms with Gasteiger partial charge in [-0.1, -0.05) is 19.4 Å². The summed E-state index contributed by atoms with van der Waals surface area (Å²) in [6, 6.07) is 7.76. The number of amides is 1. The van der Waals surface area contributed by atoms with Gasteiger partial charge in [-0.25, -0.2) is 0 Å². The first-order valence-electron chi connectivity index (χ1n) is 5.55. The number of anilines is 1. The molecule has 0 aromatic heterocycles. The molecule has 17 heavy (non-hydrogen) atoms. The highest BCUT2D eigenvalue weighted by Gasteiger charge is 2.16. The highest BCUT2D eigenvalue weighted by Crippen LogP contribution is 2.18. The molecule has 0 aliphatic heterocycles. The Kier molecular flexibility index (Phi) is 5.42. The molecule has 0 aliphatic carbocycles. The van der Waals surface area contributed by atoms with Crippen molar-refractivity contribution >= 4 is 34.2 Å². The van der Waals surface area contributed by atoms with Crippen LogP contribution in [0.1, 0.15) is 25.3 Å². The predicted octanol–water partition coefficient (Wildman–Crippen LogP) is 3.48. The second-order valence-electron chi connectivity index (χ2n) is 3.92. The molecule has 90 valence electrons. The highest BCUT2D eigenvalue weighted by atomic mass is 127. The number of hydrogen-bond acceptors (Lipinski definition) is 2. The van der Waals surface area contributed by atoms with Crippen LogP contribution in [0, 0.1) is 27.7 Å². The molecule has 0 radical (unpaired) electrons. The topological polar surface area (TPSA) is 52.9 Å². The van der Waals surface area contributed by atoms with Crippen LogP contribution in [0.5, 0.6) is 0 Å². The van der Waals surface area contributed by atoms with E-state index in [9.17, 15) is 4.79 Å². The molecule has 0 spiro atoms. The van der Waals surface area contributed by atoms with Crippen molar-refractivity contribution in [3.8, 4) is 6.07 Å². The van der Waals surface area contributed by atoms with E-state index in [4.69, 9.17) is 5.26 Å². The van der Waals surface area contributed by atoms with Crippen LogP contribution >= 0.6 is 22.6 Å². The van der Waals surface area contributed by atoms with Gasteiger partial charge in [0.25, 0.3) is 0 Å². The number of nitrogens with zero attached hydrogens (tertiary/aromatic N) is 1. The van der Waals surface area contributed by atoms with Crippen LogP contribution in [-0.2, 0) is 4.79 Å². The maximum atomic E-state index is 11.8. The largest absolute Gasteiger partial charge is 0.325 e. The van der Waals surface area contributed by atoms with Crippen LogP contribution in [-0.4, -0.2) is 5.91 Å². The Bertz CT molecular complexity index is 451. The molecular formula is C13H15IN2O. The summed E-state index contributed by atoms with van der Waals surface area (Å²) < 4.78 is 1.10. The van der Waals surface area contributed by atoms with Gasteiger partial charge in [-0.15, -0.1) is 0 Å². The van der Waals surface area contributed by atoms with Crippen LogP contribution < -0.4 is 5.32 Å². The van der Waals surface area contributed by atoms with E-state index in [0.717, 1.165) is 15.7 Å². The summed E-state index contributed by atoms with van der Waals surface area (Å²) in [5.74, 6) is -0.770. The van der Waals surface area contributed by atoms with Gasteiger partial charge in [-0.2, -0.15) is 5.26 Å². The van der Waals surface area contributed by atoms with Crippen LogP contribution in [0.3, 0.4) is 0 Å². The van der Waals surface area contributed by atoms with Gasteiger partial charge in [-0.3, -0.25) is 4.79 Å². The molecule has 4 heteroatoms. The zero-order chi connectivity index (χ0) is 12.8. The summed E-state index contributed by atoms with van der Waals surface area (Å²) in [5, 5.41) is 11.7. The minimum atomic E-state index is -0.557. The second-order valence-corrected chi connectivity index (χ2v) is 5.09. The first kappa shape index (κ1) is 14.0. The molecular weight excluding hydrogens is 327 g/mol. The molecule has 0 saturated heterocycles. The van der Waals surface area contributed by atoms with Crippen molar-refractivity contribution in [1.29, 1.82) is 5.26 Å². The molecule has 0 saturated carbocycles. The number of benzene rings is 1. The summed E-state index contributed by atoms with van der Waals surface area (Å²) in [7, 11) is 0. The van der Waals surface area contributed by atoms with E-state index in [2.05, 4.69) is 27.9 Å². The Labute approximate surface area is 115 Å². The van der Waals surface area contributed by atoms with Gasteiger partial charge in [-0.05, 0) is 53.6 Å². The van der Waals surface area contributed by atoms with E-state index in [1.54, 1.807) is 0 Å². The quantitative estimate of drug-likeness (QED) is 0.852. The molecule has 1 amide bonds. The Morgan fingerprint density at radius 1 is 1.59 bits per heavy atom. The molecule has 1 rings (SSSR count). The summed E-state index contributed by atoms with van der Waals surface area (Å²) in [4.78, 5) is 11.8. The molecule has 1 N–H and O–H groups in total. The molecule has 1 unspecified atom stereocenters. The number of aryl methyl sites for hydroxylation is 1. The Morgan fingerprint density at radius 3 is 2.82 bits per heavy atom. The smallest absolute Gasteiger partial charge is 0.241 e. The molecule has 1 aromatic carbocycles. The van der Waals surface area contributed by atoms with Gasteiger partial charge < -0.3 is 5.32 Å². The number of rotatable bonds is 4. The minimum absolute atomic E-state index is 0.214. The van der Waals surface area contributed by atoms with Crippen LogP contribution in [0.2, 0.25) is 0 Å². The fourth-order valence-corrected chi connectivity index (χ4v) is 1.96. The Morgan fingerprint density at radius 2 is 2.29 bits per heavy atom. The lowest BCUT2D eigenvalue weighted by Crippen LogP contribution is -2.21. The van der Waals surface area contributed by atoms with E-state index < -0.39 is 5.92 Å². The lowest BCUT2D eigenvalue weighted by atomic mass is 10.0. The maximum Gasteiger partial charge on any atom is 0.241 e. The fourth-order valence-electron chi connectivity index (χ4n) is 1.44. The molecule has 1 atom stereocenters. The van der Waals surface area contributed by atoms with E-state index in [0.29, 0.717) is 6.42 Å². The standard InChI is InChI=1S/C13H15IN2O/c1-3-4-10(8-15)13(17)16-11-6-5-9(2)12(14)7-11/h5-7,10H,3-4H2,1-2H3,(H,16,17). The Balaban J connectivity index is 2.74. The van der Waals surface area contributed by atoms with Crippen molar-refractivity contribution in [2.75, 3.05) is 5.32 Å². The number of carbonyl (C=O) groups is 1. The maximum absolute atomic E-state index is 11.8. The highest BCUT2D eigenvalue weighted by molar-refractivity contribution is 14.1. The van der Waals surface area contributed by atoms with Crippen LogP contribution in [0.15, 0.2) is 18.2 Å². The van der Waals surface area contributed by atoms with Crippen LogP contribution in [0.4, 0.5) is 5.69 Å². The number of carbonyl (C=O) groups excluding carboxylic acids is 1. The third-order valence-electron chi connectivity index (χ3n) is 2.49. The van der Waals surface area contributed by atoms with Gasteiger partial charge >= 0.3 is 0 Å². The van der Waals surface area contributed by atoms with Crippen molar-refractivity contribution in [2.24, 2.45) is 5.92 Å². The van der Waals surface area contributed by atoms with Crippen LogP contribution in [0.25, 0.3) is 0 Å². The first-order chi connectivity index (χ1) is 8.08. The van der Waals surface area contributed by atoms with E-state index in [1.807, 2.05) is 38.1 Å². The monoisotopic (exact) mass is 342 g/mol. The third-order valence-corrected chi connectivity index (χ3v) is 3.65. The molecule has 1 aromatic rings. The zero-order valence-corrected chi connectivity index (χ0v) is 12.1. The summed E-state index contributed by atoms with van der Waals surface area (Å²) in [6.45, 7) is 3.98. The molecule has 0 aliphatic rings. The van der Waals surface area contributed by atoms with Crippen molar-refractivity contribution in [1.82, 2.24) is 0 Å². The average molecular weight is 342 g/mol. The molecule has 0 heterocycles. The zero-order valence-electron chi connectivity index (χ0n) is 9.96. The van der Waals surface area contributed by atoms with Gasteiger partial charge in [0.1, 0.15) is 5.92 Å². The normalized spacial score (nSPS) is 11.6. The number of hydrogen-bond donors (Lipinski definition) is 1.